The molecule has 1 saturated heterocycles. The maximum Gasteiger partial charge on any atom is 0.267 e. The lowest BCUT2D eigenvalue weighted by molar-refractivity contribution is 0.0938. The van der Waals surface area contributed by atoms with E-state index in [0.717, 1.165) is 50.2 Å². The number of carbonyl (C=O) groups is 1. The smallest absolute Gasteiger partial charge is 0.267 e. The van der Waals surface area contributed by atoms with Gasteiger partial charge in [-0.1, -0.05) is 36.1 Å². The van der Waals surface area contributed by atoms with E-state index < -0.39 is 6.04 Å². The van der Waals surface area contributed by atoms with Crippen LogP contribution in [0.5, 0.6) is 0 Å². The highest BCUT2D eigenvalue weighted by Gasteiger charge is 2.25. The minimum absolute atomic E-state index is 0.271. The predicted octanol–water partition coefficient (Wildman–Crippen LogP) is 3.59. The van der Waals surface area contributed by atoms with E-state index in [9.17, 15) is 9.59 Å². The highest BCUT2D eigenvalue weighted by atomic mass is 16.2. The Kier molecular flexibility index (Phi) is 9.25. The van der Waals surface area contributed by atoms with E-state index in [1.807, 2.05) is 68.2 Å². The zero-order valence-electron chi connectivity index (χ0n) is 28.7. The summed E-state index contributed by atoms with van der Waals surface area (Å²) in [6.45, 7) is 6.67. The first-order chi connectivity index (χ1) is 24.3. The number of aryl methyl sites for hydroxylation is 2. The Morgan fingerprint density at radius 1 is 1.04 bits per heavy atom. The molecule has 0 saturated carbocycles. The first kappa shape index (κ1) is 32.9. The van der Waals surface area contributed by atoms with Crippen molar-refractivity contribution in [3.05, 3.63) is 117 Å². The highest BCUT2D eigenvalue weighted by molar-refractivity contribution is 6.01. The quantitative estimate of drug-likeness (QED) is 0.236. The Labute approximate surface area is 290 Å². The number of benzene rings is 2. The minimum atomic E-state index is -0.644. The lowest BCUT2D eigenvalue weighted by atomic mass is 10.0. The molecule has 0 radical (unpaired) electrons. The van der Waals surface area contributed by atoms with Gasteiger partial charge in [0.1, 0.15) is 11.4 Å². The molecular formula is C38H40N10O2. The van der Waals surface area contributed by atoms with E-state index in [1.54, 1.807) is 46.7 Å². The molecule has 254 valence electrons. The molecule has 4 aromatic heterocycles. The maximum absolute atomic E-state index is 14.5. The van der Waals surface area contributed by atoms with Crippen LogP contribution in [-0.4, -0.2) is 77.5 Å². The number of nitrogens with one attached hydrogen (secondary N) is 2. The van der Waals surface area contributed by atoms with Crippen molar-refractivity contribution >= 4 is 22.5 Å². The van der Waals surface area contributed by atoms with Crippen molar-refractivity contribution in [3.8, 4) is 17.5 Å². The van der Waals surface area contributed by atoms with Crippen LogP contribution in [0.15, 0.2) is 78.0 Å². The standard InChI is InChI=1S/C38H40N10O2/c1-25-33(36-40-19-9-20-47(36)44-25)37(49)42-26(2)35-43-31-13-8-10-27(34(31)38(50)48(35)30-11-6-5-7-12-30)14-15-28-24-41-45(4)32(28)18-23-46-21-16-29(39-3)17-22-46/h5-13,19-20,24,26,29,39H,16-18,21-23H2,1-4H3,(H,42,49)/t26-/m0/s1. The highest BCUT2D eigenvalue weighted by Crippen LogP contribution is 2.22. The van der Waals surface area contributed by atoms with E-state index >= 15 is 0 Å². The Balaban J connectivity index is 1.23. The van der Waals surface area contributed by atoms with Crippen molar-refractivity contribution in [3.63, 3.8) is 0 Å². The van der Waals surface area contributed by atoms with Gasteiger partial charge in [0, 0.05) is 44.0 Å². The van der Waals surface area contributed by atoms with Gasteiger partial charge < -0.3 is 15.5 Å². The van der Waals surface area contributed by atoms with E-state index in [4.69, 9.17) is 4.98 Å². The number of carbonyl (C=O) groups excluding carboxylic acids is 1. The van der Waals surface area contributed by atoms with Gasteiger partial charge in [0.25, 0.3) is 11.5 Å². The van der Waals surface area contributed by atoms with E-state index in [-0.39, 0.29) is 11.5 Å². The number of para-hydroxylation sites is 1. The molecular weight excluding hydrogens is 628 g/mol. The monoisotopic (exact) mass is 668 g/mol. The summed E-state index contributed by atoms with van der Waals surface area (Å²) >= 11 is 0. The number of aromatic nitrogens is 7. The van der Waals surface area contributed by atoms with Gasteiger partial charge in [0.2, 0.25) is 0 Å². The van der Waals surface area contributed by atoms with Crippen LogP contribution in [0, 0.1) is 18.8 Å². The Hall–Kier alpha value is -5.64. The summed E-state index contributed by atoms with van der Waals surface area (Å²) in [6.07, 6.45) is 8.30. The zero-order chi connectivity index (χ0) is 34.8. The summed E-state index contributed by atoms with van der Waals surface area (Å²) in [5, 5.41) is 15.8. The van der Waals surface area contributed by atoms with Crippen molar-refractivity contribution in [1.29, 1.82) is 0 Å². The summed E-state index contributed by atoms with van der Waals surface area (Å²) in [4.78, 5) is 40.0. The van der Waals surface area contributed by atoms with Crippen LogP contribution in [0.3, 0.4) is 0 Å². The third kappa shape index (κ3) is 6.41. The van der Waals surface area contributed by atoms with Gasteiger partial charge in [-0.3, -0.25) is 18.8 Å². The van der Waals surface area contributed by atoms with Crippen molar-refractivity contribution < 1.29 is 4.79 Å². The number of amides is 1. The lowest BCUT2D eigenvalue weighted by Gasteiger charge is -2.31. The molecule has 0 spiro atoms. The van der Waals surface area contributed by atoms with Crippen LogP contribution >= 0.6 is 0 Å². The van der Waals surface area contributed by atoms with E-state index in [0.29, 0.717) is 50.9 Å². The average Bonchev–Trinajstić information content (AvgIpc) is 3.67. The van der Waals surface area contributed by atoms with Crippen LogP contribution in [0.4, 0.5) is 0 Å². The van der Waals surface area contributed by atoms with Crippen LogP contribution in [0.25, 0.3) is 22.2 Å². The molecule has 0 bridgehead atoms. The van der Waals surface area contributed by atoms with Gasteiger partial charge in [0.05, 0.1) is 45.8 Å². The van der Waals surface area contributed by atoms with Crippen LogP contribution in [0.2, 0.25) is 0 Å². The fourth-order valence-corrected chi connectivity index (χ4v) is 6.77. The number of likely N-dealkylation sites (tertiary alicyclic amines) is 1. The topological polar surface area (TPSA) is 127 Å². The van der Waals surface area contributed by atoms with E-state index in [2.05, 4.69) is 42.6 Å². The number of hydrogen-bond donors (Lipinski definition) is 2. The first-order valence-corrected chi connectivity index (χ1v) is 17.0. The van der Waals surface area contributed by atoms with Crippen LogP contribution < -0.4 is 16.2 Å². The summed E-state index contributed by atoms with van der Waals surface area (Å²) < 4.78 is 5.03. The van der Waals surface area contributed by atoms with Gasteiger partial charge in [-0.05, 0) is 77.2 Å². The summed E-state index contributed by atoms with van der Waals surface area (Å²) in [5.41, 5.74) is 4.72. The Morgan fingerprint density at radius 3 is 2.60 bits per heavy atom. The molecule has 1 fully saturated rings. The van der Waals surface area contributed by atoms with Gasteiger partial charge in [0.15, 0.2) is 5.65 Å². The van der Waals surface area contributed by atoms with Crippen LogP contribution in [0.1, 0.15) is 64.5 Å². The minimum Gasteiger partial charge on any atom is -0.342 e. The van der Waals surface area contributed by atoms with E-state index in [1.165, 1.54) is 0 Å². The second kappa shape index (κ2) is 14.1. The Bertz CT molecular complexity index is 2300. The van der Waals surface area contributed by atoms with Crippen molar-refractivity contribution in [2.45, 2.75) is 45.2 Å². The third-order valence-electron chi connectivity index (χ3n) is 9.52. The Morgan fingerprint density at radius 2 is 1.82 bits per heavy atom. The molecule has 7 rings (SSSR count). The van der Waals surface area contributed by atoms with Gasteiger partial charge in [-0.25, -0.2) is 14.5 Å². The van der Waals surface area contributed by atoms with Gasteiger partial charge in [-0.2, -0.15) is 10.2 Å². The van der Waals surface area contributed by atoms with Gasteiger partial charge in [-0.15, -0.1) is 0 Å². The SMILES string of the molecule is CNC1CCN(CCc2c(C#Cc3cccc4nc([C@H](C)NC(=O)c5c(C)nn6cccnc56)n(-c5ccccc5)c(=O)c34)cnn2C)CC1. The van der Waals surface area contributed by atoms with Gasteiger partial charge >= 0.3 is 0 Å². The maximum atomic E-state index is 14.5. The molecule has 2 aromatic carbocycles. The predicted molar refractivity (Wildman–Crippen MR) is 192 cm³/mol. The summed E-state index contributed by atoms with van der Waals surface area (Å²) in [7, 11) is 3.98. The fraction of sp³-hybridized carbons (Fsp3) is 0.316. The average molecular weight is 669 g/mol. The molecule has 0 aliphatic carbocycles. The second-order valence-electron chi connectivity index (χ2n) is 12.7. The molecule has 6 aromatic rings. The fourth-order valence-electron chi connectivity index (χ4n) is 6.77. The molecule has 1 atom stereocenters. The third-order valence-corrected chi connectivity index (χ3v) is 9.52. The lowest BCUT2D eigenvalue weighted by Crippen LogP contribution is -2.42. The number of piperidine rings is 1. The van der Waals surface area contributed by atoms with Crippen LogP contribution in [-0.2, 0) is 13.5 Å². The molecule has 1 aliphatic heterocycles. The molecule has 0 unspecified atom stereocenters. The molecule has 1 aliphatic rings. The first-order valence-electron chi connectivity index (χ1n) is 17.0. The zero-order valence-corrected chi connectivity index (χ0v) is 28.7. The molecule has 5 heterocycles. The molecule has 50 heavy (non-hydrogen) atoms. The van der Waals surface area contributed by atoms with Crippen molar-refractivity contribution in [1.82, 2.24) is 49.5 Å². The molecule has 1 amide bonds. The number of nitrogens with zero attached hydrogens (tertiary/aromatic N) is 8. The largest absolute Gasteiger partial charge is 0.342 e. The molecule has 2 N–H and O–H groups in total. The normalized spacial score (nSPS) is 14.5. The molecule has 12 heteroatoms. The number of hydrogen-bond acceptors (Lipinski definition) is 8. The summed E-state index contributed by atoms with van der Waals surface area (Å²) in [5.74, 6) is 6.65. The number of rotatable bonds is 8. The van der Waals surface area contributed by atoms with Crippen molar-refractivity contribution in [2.24, 2.45) is 7.05 Å². The molecule has 12 nitrogen and oxygen atoms in total. The summed E-state index contributed by atoms with van der Waals surface area (Å²) in [6, 6.07) is 16.5. The second-order valence-corrected chi connectivity index (χ2v) is 12.7. The number of fused-ring (bicyclic) bond motifs is 2. The van der Waals surface area contributed by atoms with Crippen molar-refractivity contribution in [2.75, 3.05) is 26.7 Å².